The number of aromatic nitrogens is 3. The van der Waals surface area contributed by atoms with Gasteiger partial charge in [0.2, 0.25) is 5.91 Å². The number of pyridine rings is 1. The maximum atomic E-state index is 13.2. The third-order valence-electron chi connectivity index (χ3n) is 7.83. The number of amides is 1. The van der Waals surface area contributed by atoms with Crippen molar-refractivity contribution in [3.63, 3.8) is 0 Å². The van der Waals surface area contributed by atoms with E-state index in [1.54, 1.807) is 6.20 Å². The van der Waals surface area contributed by atoms with Gasteiger partial charge in [0.1, 0.15) is 0 Å². The molecule has 4 N–H and O–H groups in total. The Morgan fingerprint density at radius 2 is 1.92 bits per heavy atom. The number of aryl methyl sites for hydroxylation is 1. The van der Waals surface area contributed by atoms with Gasteiger partial charge in [-0.25, -0.2) is 0 Å². The zero-order valence-electron chi connectivity index (χ0n) is 21.7. The number of hydrogen-bond acceptors (Lipinski definition) is 7. The molecule has 1 aliphatic carbocycles. The number of hydrogen-bond donors (Lipinski definition) is 4. The van der Waals surface area contributed by atoms with Crippen molar-refractivity contribution in [2.75, 3.05) is 31.6 Å². The molecule has 1 saturated carbocycles. The van der Waals surface area contributed by atoms with Gasteiger partial charge in [0.15, 0.2) is 5.82 Å². The highest BCUT2D eigenvalue weighted by atomic mass is 19.4. The molecule has 0 spiro atoms. The number of anilines is 1. The van der Waals surface area contributed by atoms with Gasteiger partial charge in [-0.2, -0.15) is 18.3 Å². The van der Waals surface area contributed by atoms with Crippen molar-refractivity contribution in [3.8, 4) is 0 Å². The second-order valence-corrected chi connectivity index (χ2v) is 10.5. The monoisotopic (exact) mass is 546 g/mol. The zero-order chi connectivity index (χ0) is 27.8. The largest absolute Gasteiger partial charge is 0.416 e. The second-order valence-electron chi connectivity index (χ2n) is 10.5. The summed E-state index contributed by atoms with van der Waals surface area (Å²) in [6.07, 6.45) is 0.284. The minimum Gasteiger partial charge on any atom is -0.394 e. The first-order chi connectivity index (χ1) is 18.6. The summed E-state index contributed by atoms with van der Waals surface area (Å²) in [6, 6.07) is 7.49. The summed E-state index contributed by atoms with van der Waals surface area (Å²) in [4.78, 5) is 19.2. The molecular formula is C27H33F3N6O3. The van der Waals surface area contributed by atoms with Gasteiger partial charge in [-0.1, -0.05) is 6.07 Å². The number of rotatable bonds is 8. The zero-order valence-corrected chi connectivity index (χ0v) is 21.7. The van der Waals surface area contributed by atoms with Crippen molar-refractivity contribution < 1.29 is 28.2 Å². The smallest absolute Gasteiger partial charge is 0.394 e. The summed E-state index contributed by atoms with van der Waals surface area (Å²) in [5.41, 5.74) is 0.554. The molecule has 12 heteroatoms. The molecule has 210 valence electrons. The van der Waals surface area contributed by atoms with E-state index in [1.807, 2.05) is 19.1 Å². The van der Waals surface area contributed by atoms with E-state index < -0.39 is 17.3 Å². The van der Waals surface area contributed by atoms with Crippen molar-refractivity contribution in [3.05, 3.63) is 53.3 Å². The van der Waals surface area contributed by atoms with Crippen LogP contribution in [0.5, 0.6) is 0 Å². The lowest BCUT2D eigenvalue weighted by atomic mass is 9.77. The molecule has 1 aliphatic heterocycles. The fraction of sp³-hybridized carbons (Fsp3) is 0.519. The first kappa shape index (κ1) is 27.4. The predicted molar refractivity (Wildman–Crippen MR) is 139 cm³/mol. The third-order valence-corrected chi connectivity index (χ3v) is 7.83. The van der Waals surface area contributed by atoms with Crippen LogP contribution in [0.2, 0.25) is 0 Å². The highest BCUT2D eigenvalue weighted by Gasteiger charge is 2.40. The molecule has 3 aromatic rings. The standard InChI is InChI=1S/C27H33F3N6O3/c1-17-2-3-19(13-31-17)26(39)8-6-21(7-9-26)35-15-20(16-35)33-24(38)14-32-25-22-12-18(27(28,29)30)4-5-23(22)36(34-25)10-11-37/h2-5,12-13,20-21,37,39H,6-11,14-16H2,1H3,(H,32,34)(H,33,38). The molecule has 39 heavy (non-hydrogen) atoms. The summed E-state index contributed by atoms with van der Waals surface area (Å²) >= 11 is 0. The van der Waals surface area contributed by atoms with Crippen LogP contribution in [0, 0.1) is 6.92 Å². The van der Waals surface area contributed by atoms with Crippen LogP contribution in [0.4, 0.5) is 19.0 Å². The van der Waals surface area contributed by atoms with Crippen LogP contribution in [-0.2, 0) is 23.1 Å². The van der Waals surface area contributed by atoms with Crippen LogP contribution >= 0.6 is 0 Å². The van der Waals surface area contributed by atoms with Crippen LogP contribution in [0.3, 0.4) is 0 Å². The first-order valence-corrected chi connectivity index (χ1v) is 13.2. The van der Waals surface area contributed by atoms with Gasteiger partial charge in [-0.05, 0) is 56.9 Å². The van der Waals surface area contributed by atoms with Crippen molar-refractivity contribution in [2.24, 2.45) is 0 Å². The fourth-order valence-electron chi connectivity index (χ4n) is 5.57. The molecule has 0 unspecified atom stereocenters. The number of carbonyl (C=O) groups excluding carboxylic acids is 1. The molecule has 3 heterocycles. The molecule has 0 atom stereocenters. The Morgan fingerprint density at radius 3 is 2.56 bits per heavy atom. The second kappa shape index (κ2) is 10.7. The number of nitrogens with one attached hydrogen (secondary N) is 2. The molecule has 9 nitrogen and oxygen atoms in total. The van der Waals surface area contributed by atoms with E-state index in [4.69, 9.17) is 0 Å². The molecule has 1 amide bonds. The molecule has 1 aromatic carbocycles. The number of carbonyl (C=O) groups is 1. The number of nitrogens with zero attached hydrogens (tertiary/aromatic N) is 4. The Hall–Kier alpha value is -3.22. The minimum atomic E-state index is -4.51. The van der Waals surface area contributed by atoms with Crippen LogP contribution in [0.1, 0.15) is 42.5 Å². The normalized spacial score (nSPS) is 22.6. The summed E-state index contributed by atoms with van der Waals surface area (Å²) in [7, 11) is 0. The lowest BCUT2D eigenvalue weighted by Gasteiger charge is -2.48. The number of fused-ring (bicyclic) bond motifs is 1. The fourth-order valence-corrected chi connectivity index (χ4v) is 5.57. The van der Waals surface area contributed by atoms with Crippen LogP contribution < -0.4 is 10.6 Å². The topological polar surface area (TPSA) is 116 Å². The van der Waals surface area contributed by atoms with E-state index in [1.165, 1.54) is 10.7 Å². The van der Waals surface area contributed by atoms with Gasteiger partial charge >= 0.3 is 6.18 Å². The third kappa shape index (κ3) is 5.87. The quantitative estimate of drug-likeness (QED) is 0.344. The van der Waals surface area contributed by atoms with Crippen LogP contribution in [0.15, 0.2) is 36.5 Å². The SMILES string of the molecule is Cc1ccc(C2(O)CCC(N3CC(NC(=O)CNc4nn(CCO)c5ccc(C(F)(F)F)cc45)C3)CC2)cn1. The number of alkyl halides is 3. The molecule has 2 aliphatic rings. The van der Waals surface area contributed by atoms with Gasteiger partial charge in [-0.3, -0.25) is 19.4 Å². The van der Waals surface area contributed by atoms with Gasteiger partial charge in [0, 0.05) is 42.0 Å². The number of likely N-dealkylation sites (tertiary alicyclic amines) is 1. The molecule has 1 saturated heterocycles. The Morgan fingerprint density at radius 1 is 1.18 bits per heavy atom. The molecule has 0 radical (unpaired) electrons. The molecule has 2 fully saturated rings. The van der Waals surface area contributed by atoms with E-state index in [9.17, 15) is 28.2 Å². The maximum absolute atomic E-state index is 13.2. The molecular weight excluding hydrogens is 513 g/mol. The van der Waals surface area contributed by atoms with E-state index >= 15 is 0 Å². The summed E-state index contributed by atoms with van der Waals surface area (Å²) < 4.78 is 41.1. The maximum Gasteiger partial charge on any atom is 0.416 e. The van der Waals surface area contributed by atoms with Crippen LogP contribution in [0.25, 0.3) is 10.9 Å². The van der Waals surface area contributed by atoms with Crippen molar-refractivity contribution in [1.82, 2.24) is 25.0 Å². The Bertz CT molecular complexity index is 1310. The van der Waals surface area contributed by atoms with Gasteiger partial charge < -0.3 is 20.8 Å². The molecule has 0 bridgehead atoms. The predicted octanol–water partition coefficient (Wildman–Crippen LogP) is 2.79. The average molecular weight is 547 g/mol. The van der Waals surface area contributed by atoms with Gasteiger partial charge in [0.05, 0.1) is 42.4 Å². The summed E-state index contributed by atoms with van der Waals surface area (Å²) in [5.74, 6) is -0.116. The molecule has 2 aromatic heterocycles. The van der Waals surface area contributed by atoms with Crippen molar-refractivity contribution in [1.29, 1.82) is 0 Å². The van der Waals surface area contributed by atoms with Gasteiger partial charge in [0.25, 0.3) is 0 Å². The highest BCUT2D eigenvalue weighted by Crippen LogP contribution is 2.39. The Balaban J connectivity index is 1.11. The number of halogens is 3. The van der Waals surface area contributed by atoms with Crippen molar-refractivity contribution >= 4 is 22.6 Å². The minimum absolute atomic E-state index is 0.0121. The van der Waals surface area contributed by atoms with E-state index in [-0.39, 0.29) is 42.8 Å². The Labute approximate surface area is 224 Å². The molecule has 5 rings (SSSR count). The Kier molecular flexibility index (Phi) is 7.53. The van der Waals surface area contributed by atoms with E-state index in [2.05, 4.69) is 25.6 Å². The van der Waals surface area contributed by atoms with E-state index in [0.29, 0.717) is 37.5 Å². The van der Waals surface area contributed by atoms with Crippen LogP contribution in [-0.4, -0.2) is 74.1 Å². The highest BCUT2D eigenvalue weighted by molar-refractivity contribution is 5.92. The number of benzene rings is 1. The van der Waals surface area contributed by atoms with Gasteiger partial charge in [-0.15, -0.1) is 0 Å². The average Bonchev–Trinajstić information content (AvgIpc) is 3.22. The van der Waals surface area contributed by atoms with E-state index in [0.717, 1.165) is 36.2 Å². The van der Waals surface area contributed by atoms with Crippen molar-refractivity contribution in [2.45, 2.75) is 63.0 Å². The number of aliphatic hydroxyl groups excluding tert-OH is 1. The summed E-state index contributed by atoms with van der Waals surface area (Å²) in [5, 5.41) is 30.7. The lowest BCUT2D eigenvalue weighted by molar-refractivity contribution is -0.137. The lowest BCUT2D eigenvalue weighted by Crippen LogP contribution is -2.63. The summed E-state index contributed by atoms with van der Waals surface area (Å²) in [6.45, 7) is 3.10. The first-order valence-electron chi connectivity index (χ1n) is 13.2. The number of aliphatic hydroxyl groups is 2.